The maximum absolute atomic E-state index is 11.3. The Labute approximate surface area is 88.8 Å². The molecule has 82 valence electrons. The molecular weight excluding hydrogens is 196 g/mol. The molecule has 15 heavy (non-hydrogen) atoms. The van der Waals surface area contributed by atoms with Crippen molar-refractivity contribution in [3.05, 3.63) is 23.8 Å². The number of ketones is 1. The number of carbonyl (C=O) groups excluding carboxylic acids is 1. The zero-order chi connectivity index (χ0) is 11.3. The van der Waals surface area contributed by atoms with Gasteiger partial charge in [-0.2, -0.15) is 0 Å². The molecule has 0 amide bonds. The van der Waals surface area contributed by atoms with Crippen LogP contribution in [0.4, 0.5) is 0 Å². The second kappa shape index (κ2) is 5.36. The molecule has 4 nitrogen and oxygen atoms in total. The van der Waals surface area contributed by atoms with Crippen molar-refractivity contribution in [2.45, 2.75) is 6.92 Å². The molecule has 0 atom stereocenters. The molecule has 0 radical (unpaired) electrons. The Kier molecular flexibility index (Phi) is 4.12. The third kappa shape index (κ3) is 2.95. The topological polar surface area (TPSA) is 44.8 Å². The summed E-state index contributed by atoms with van der Waals surface area (Å²) >= 11 is 0. The van der Waals surface area contributed by atoms with Crippen molar-refractivity contribution in [1.29, 1.82) is 0 Å². The summed E-state index contributed by atoms with van der Waals surface area (Å²) in [5.74, 6) is 1.06. The lowest BCUT2D eigenvalue weighted by molar-refractivity contribution is 0.0502. The molecule has 0 saturated carbocycles. The van der Waals surface area contributed by atoms with E-state index >= 15 is 0 Å². The van der Waals surface area contributed by atoms with E-state index in [1.807, 2.05) is 0 Å². The van der Waals surface area contributed by atoms with Crippen LogP contribution in [0.25, 0.3) is 0 Å². The molecule has 0 aliphatic carbocycles. The summed E-state index contributed by atoms with van der Waals surface area (Å²) in [6.45, 7) is 1.60. The first-order chi connectivity index (χ1) is 7.19. The van der Waals surface area contributed by atoms with Crippen molar-refractivity contribution < 1.29 is 19.0 Å². The van der Waals surface area contributed by atoms with Gasteiger partial charge in [0.1, 0.15) is 11.5 Å². The highest BCUT2D eigenvalue weighted by Gasteiger charge is 2.09. The van der Waals surface area contributed by atoms with Gasteiger partial charge in [-0.3, -0.25) is 4.79 Å². The van der Waals surface area contributed by atoms with E-state index in [-0.39, 0.29) is 12.6 Å². The van der Waals surface area contributed by atoms with Crippen LogP contribution in [0.15, 0.2) is 18.2 Å². The lowest BCUT2D eigenvalue weighted by Crippen LogP contribution is -2.04. The molecule has 0 fully saturated rings. The van der Waals surface area contributed by atoms with Crippen LogP contribution in [-0.4, -0.2) is 26.8 Å². The van der Waals surface area contributed by atoms with Crippen LogP contribution in [0.5, 0.6) is 11.5 Å². The second-order valence-corrected chi connectivity index (χ2v) is 2.97. The first-order valence-electron chi connectivity index (χ1n) is 4.49. The van der Waals surface area contributed by atoms with E-state index in [1.165, 1.54) is 14.0 Å². The number of benzene rings is 1. The van der Waals surface area contributed by atoms with E-state index in [0.29, 0.717) is 17.1 Å². The normalized spacial score (nSPS) is 9.80. The lowest BCUT2D eigenvalue weighted by atomic mass is 10.1. The Hall–Kier alpha value is -1.55. The molecule has 1 rings (SSSR count). The van der Waals surface area contributed by atoms with Gasteiger partial charge >= 0.3 is 0 Å². The van der Waals surface area contributed by atoms with Gasteiger partial charge in [-0.25, -0.2) is 0 Å². The molecule has 0 heterocycles. The van der Waals surface area contributed by atoms with Crippen molar-refractivity contribution in [2.24, 2.45) is 0 Å². The standard InChI is InChI=1S/C11H14O4/c1-8(12)10-6-9(14-3)4-5-11(10)15-7-13-2/h4-6H,7H2,1-3H3. The minimum absolute atomic E-state index is 0.0694. The van der Waals surface area contributed by atoms with Crippen LogP contribution in [-0.2, 0) is 4.74 Å². The molecule has 0 bridgehead atoms. The van der Waals surface area contributed by atoms with Crippen LogP contribution in [0.3, 0.4) is 0 Å². The van der Waals surface area contributed by atoms with E-state index in [9.17, 15) is 4.79 Å². The van der Waals surface area contributed by atoms with Gasteiger partial charge in [-0.05, 0) is 25.1 Å². The molecule has 0 aliphatic heterocycles. The van der Waals surface area contributed by atoms with Crippen LogP contribution in [0.1, 0.15) is 17.3 Å². The molecule has 0 saturated heterocycles. The molecule has 4 heteroatoms. The first-order valence-corrected chi connectivity index (χ1v) is 4.49. The fourth-order valence-corrected chi connectivity index (χ4v) is 1.16. The highest BCUT2D eigenvalue weighted by atomic mass is 16.7. The smallest absolute Gasteiger partial charge is 0.188 e. The molecule has 0 unspecified atom stereocenters. The maximum atomic E-state index is 11.3. The van der Waals surface area contributed by atoms with Crippen LogP contribution in [0.2, 0.25) is 0 Å². The minimum Gasteiger partial charge on any atom is -0.497 e. The predicted octanol–water partition coefficient (Wildman–Crippen LogP) is 1.88. The summed E-state index contributed by atoms with van der Waals surface area (Å²) in [5.41, 5.74) is 0.492. The van der Waals surface area contributed by atoms with E-state index in [4.69, 9.17) is 14.2 Å². The fraction of sp³-hybridized carbons (Fsp3) is 0.364. The average Bonchev–Trinajstić information content (AvgIpc) is 2.26. The van der Waals surface area contributed by atoms with E-state index < -0.39 is 0 Å². The second-order valence-electron chi connectivity index (χ2n) is 2.97. The van der Waals surface area contributed by atoms with Gasteiger partial charge in [-0.15, -0.1) is 0 Å². The monoisotopic (exact) mass is 210 g/mol. The molecule has 0 spiro atoms. The Morgan fingerprint density at radius 3 is 2.60 bits per heavy atom. The zero-order valence-corrected chi connectivity index (χ0v) is 9.07. The summed E-state index contributed by atoms with van der Waals surface area (Å²) in [6.07, 6.45) is 0. The largest absolute Gasteiger partial charge is 0.497 e. The highest BCUT2D eigenvalue weighted by Crippen LogP contribution is 2.24. The molecule has 0 aromatic heterocycles. The molecule has 0 aliphatic rings. The Morgan fingerprint density at radius 2 is 2.07 bits per heavy atom. The van der Waals surface area contributed by atoms with Crippen molar-refractivity contribution >= 4 is 5.78 Å². The van der Waals surface area contributed by atoms with Gasteiger partial charge in [0.05, 0.1) is 12.7 Å². The number of methoxy groups -OCH3 is 2. The third-order valence-corrected chi connectivity index (χ3v) is 1.90. The van der Waals surface area contributed by atoms with Gasteiger partial charge in [0.25, 0.3) is 0 Å². The SMILES string of the molecule is COCOc1ccc(OC)cc1C(C)=O. The first kappa shape index (κ1) is 11.5. The summed E-state index contributed by atoms with van der Waals surface area (Å²) in [4.78, 5) is 11.3. The Balaban J connectivity index is 2.98. The van der Waals surface area contributed by atoms with Crippen molar-refractivity contribution in [3.8, 4) is 11.5 Å². The van der Waals surface area contributed by atoms with Crippen molar-refractivity contribution in [1.82, 2.24) is 0 Å². The number of carbonyl (C=O) groups is 1. The van der Waals surface area contributed by atoms with Gasteiger partial charge in [0.15, 0.2) is 12.6 Å². The van der Waals surface area contributed by atoms with E-state index in [0.717, 1.165) is 0 Å². The fourth-order valence-electron chi connectivity index (χ4n) is 1.16. The van der Waals surface area contributed by atoms with Crippen molar-refractivity contribution in [3.63, 3.8) is 0 Å². The van der Waals surface area contributed by atoms with E-state index in [2.05, 4.69) is 0 Å². The number of ether oxygens (including phenoxy) is 3. The average molecular weight is 210 g/mol. The van der Waals surface area contributed by atoms with Gasteiger partial charge < -0.3 is 14.2 Å². The van der Waals surface area contributed by atoms with Crippen LogP contribution in [0, 0.1) is 0 Å². The number of rotatable bonds is 5. The number of hydrogen-bond acceptors (Lipinski definition) is 4. The lowest BCUT2D eigenvalue weighted by Gasteiger charge is -2.10. The molecule has 1 aromatic carbocycles. The van der Waals surface area contributed by atoms with Crippen molar-refractivity contribution in [2.75, 3.05) is 21.0 Å². The third-order valence-electron chi connectivity index (χ3n) is 1.90. The Morgan fingerprint density at radius 1 is 1.33 bits per heavy atom. The predicted molar refractivity (Wildman–Crippen MR) is 55.5 cm³/mol. The maximum Gasteiger partial charge on any atom is 0.188 e. The summed E-state index contributed by atoms with van der Waals surface area (Å²) in [6, 6.07) is 5.07. The van der Waals surface area contributed by atoms with E-state index in [1.54, 1.807) is 25.3 Å². The minimum atomic E-state index is -0.0694. The number of Topliss-reactive ketones (excluding diaryl/α,β-unsaturated/α-hetero) is 1. The highest BCUT2D eigenvalue weighted by molar-refractivity contribution is 5.97. The van der Waals surface area contributed by atoms with Gasteiger partial charge in [0, 0.05) is 7.11 Å². The quantitative estimate of drug-likeness (QED) is 0.550. The number of hydrogen-bond donors (Lipinski definition) is 0. The van der Waals surface area contributed by atoms with Gasteiger partial charge in [-0.1, -0.05) is 0 Å². The Bertz CT molecular complexity index is 346. The molecular formula is C11H14O4. The summed E-state index contributed by atoms with van der Waals surface area (Å²) < 4.78 is 15.0. The molecule has 0 N–H and O–H groups in total. The van der Waals surface area contributed by atoms with Crippen LogP contribution < -0.4 is 9.47 Å². The van der Waals surface area contributed by atoms with Gasteiger partial charge in [0.2, 0.25) is 0 Å². The van der Waals surface area contributed by atoms with Crippen LogP contribution >= 0.6 is 0 Å². The molecule has 1 aromatic rings. The summed E-state index contributed by atoms with van der Waals surface area (Å²) in [7, 11) is 3.08. The zero-order valence-electron chi connectivity index (χ0n) is 9.07. The summed E-state index contributed by atoms with van der Waals surface area (Å²) in [5, 5.41) is 0.